The van der Waals surface area contributed by atoms with Crippen LogP contribution in [0.5, 0.6) is 0 Å². The van der Waals surface area contributed by atoms with E-state index < -0.39 is 17.5 Å². The third-order valence-electron chi connectivity index (χ3n) is 5.27. The lowest BCUT2D eigenvalue weighted by Gasteiger charge is -2.16. The summed E-state index contributed by atoms with van der Waals surface area (Å²) in [7, 11) is 1.52. The van der Waals surface area contributed by atoms with Crippen LogP contribution in [0.1, 0.15) is 34.2 Å². The number of aromatic amines is 1. The Bertz CT molecular complexity index is 1260. The van der Waals surface area contributed by atoms with Gasteiger partial charge in [0.15, 0.2) is 5.82 Å². The smallest absolute Gasteiger partial charge is 0.274 e. The van der Waals surface area contributed by atoms with Crippen molar-refractivity contribution in [1.29, 1.82) is 0 Å². The van der Waals surface area contributed by atoms with Crippen LogP contribution in [0.3, 0.4) is 0 Å². The highest BCUT2D eigenvalue weighted by Crippen LogP contribution is 2.30. The molecule has 0 atom stereocenters. The molecule has 31 heavy (non-hydrogen) atoms. The fourth-order valence-electron chi connectivity index (χ4n) is 3.60. The van der Waals surface area contributed by atoms with Gasteiger partial charge in [0, 0.05) is 30.9 Å². The lowest BCUT2D eigenvalue weighted by Crippen LogP contribution is -2.29. The number of amides is 1. The summed E-state index contributed by atoms with van der Waals surface area (Å²) in [4.78, 5) is 21.5. The number of benzene rings is 2. The first kappa shape index (κ1) is 20.7. The van der Waals surface area contributed by atoms with Gasteiger partial charge in [-0.05, 0) is 49.2 Å². The third kappa shape index (κ3) is 4.05. The molecule has 1 N–H and O–H groups in total. The molecule has 1 amide bonds. The normalized spacial score (nSPS) is 11.3. The molecule has 2 aromatic heterocycles. The van der Waals surface area contributed by atoms with Gasteiger partial charge in [-0.15, -0.1) is 0 Å². The molecule has 8 heteroatoms. The van der Waals surface area contributed by atoms with Crippen LogP contribution in [0.15, 0.2) is 40.9 Å². The highest BCUT2D eigenvalue weighted by molar-refractivity contribution is 5.94. The molecule has 0 radical (unpaired) electrons. The van der Waals surface area contributed by atoms with E-state index >= 15 is 0 Å². The van der Waals surface area contributed by atoms with E-state index in [4.69, 9.17) is 4.52 Å². The molecule has 2 aromatic carbocycles. The number of nitrogens with zero attached hydrogens (tertiary/aromatic N) is 3. The van der Waals surface area contributed by atoms with E-state index in [1.165, 1.54) is 17.5 Å². The second-order valence-electron chi connectivity index (χ2n) is 7.50. The summed E-state index contributed by atoms with van der Waals surface area (Å²) >= 11 is 0. The second kappa shape index (κ2) is 8.29. The van der Waals surface area contributed by atoms with Gasteiger partial charge in [-0.2, -0.15) is 4.98 Å². The zero-order valence-electron chi connectivity index (χ0n) is 17.5. The highest BCUT2D eigenvalue weighted by Gasteiger charge is 2.20. The first-order chi connectivity index (χ1) is 14.9. The molecule has 0 aliphatic heterocycles. The molecule has 0 unspecified atom stereocenters. The fraction of sp³-hybridized carbons (Fsp3) is 0.261. The molecule has 0 saturated heterocycles. The van der Waals surface area contributed by atoms with Gasteiger partial charge < -0.3 is 14.4 Å². The van der Waals surface area contributed by atoms with Crippen molar-refractivity contribution in [2.75, 3.05) is 13.6 Å². The van der Waals surface area contributed by atoms with E-state index in [0.717, 1.165) is 46.8 Å². The molecule has 6 nitrogen and oxygen atoms in total. The van der Waals surface area contributed by atoms with Gasteiger partial charge in [0.25, 0.3) is 11.8 Å². The van der Waals surface area contributed by atoms with Crippen LogP contribution >= 0.6 is 0 Å². The van der Waals surface area contributed by atoms with Gasteiger partial charge in [-0.1, -0.05) is 23.7 Å². The summed E-state index contributed by atoms with van der Waals surface area (Å²) in [5.41, 5.74) is 3.74. The average molecular weight is 424 g/mol. The SMILES string of the molecule is CCc1c(-c2nc(CCN(C)C(=O)c3cc(F)ccc3F)no2)[nH]c2ccc(C)cc12. The zero-order chi connectivity index (χ0) is 22.1. The Balaban J connectivity index is 1.50. The van der Waals surface area contributed by atoms with Crippen LogP contribution in [0, 0.1) is 18.6 Å². The number of hydrogen-bond acceptors (Lipinski definition) is 4. The monoisotopic (exact) mass is 424 g/mol. The number of carbonyl (C=O) groups excluding carboxylic acids is 1. The molecule has 0 saturated carbocycles. The largest absolute Gasteiger partial charge is 0.350 e. The van der Waals surface area contributed by atoms with Crippen molar-refractivity contribution < 1.29 is 18.1 Å². The van der Waals surface area contributed by atoms with Gasteiger partial charge in [0.1, 0.15) is 17.3 Å². The molecular formula is C23H22F2N4O2. The molecule has 160 valence electrons. The van der Waals surface area contributed by atoms with Crippen molar-refractivity contribution in [3.05, 3.63) is 70.5 Å². The second-order valence-corrected chi connectivity index (χ2v) is 7.50. The Hall–Kier alpha value is -3.55. The Kier molecular flexibility index (Phi) is 5.54. The number of halogens is 2. The number of aromatic nitrogens is 3. The Morgan fingerprint density at radius 3 is 2.77 bits per heavy atom. The van der Waals surface area contributed by atoms with E-state index in [2.05, 4.69) is 28.1 Å². The summed E-state index contributed by atoms with van der Waals surface area (Å²) in [6, 6.07) is 8.99. The van der Waals surface area contributed by atoms with Crippen LogP contribution in [-0.2, 0) is 12.8 Å². The molecule has 0 bridgehead atoms. The van der Waals surface area contributed by atoms with Crippen molar-refractivity contribution in [1.82, 2.24) is 20.0 Å². The van der Waals surface area contributed by atoms with Gasteiger partial charge >= 0.3 is 0 Å². The van der Waals surface area contributed by atoms with E-state index in [1.807, 2.05) is 19.1 Å². The predicted molar refractivity (Wildman–Crippen MR) is 113 cm³/mol. The van der Waals surface area contributed by atoms with E-state index in [-0.39, 0.29) is 12.1 Å². The molecular weight excluding hydrogens is 402 g/mol. The van der Waals surface area contributed by atoms with Gasteiger partial charge in [-0.3, -0.25) is 4.79 Å². The Morgan fingerprint density at radius 2 is 2.00 bits per heavy atom. The first-order valence-electron chi connectivity index (χ1n) is 10.0. The minimum Gasteiger partial charge on any atom is -0.350 e. The summed E-state index contributed by atoms with van der Waals surface area (Å²) in [5, 5.41) is 5.14. The van der Waals surface area contributed by atoms with Crippen molar-refractivity contribution in [2.24, 2.45) is 0 Å². The number of hydrogen-bond donors (Lipinski definition) is 1. The van der Waals surface area contributed by atoms with Gasteiger partial charge in [0.2, 0.25) is 0 Å². The van der Waals surface area contributed by atoms with E-state index in [1.54, 1.807) is 0 Å². The van der Waals surface area contributed by atoms with Crippen molar-refractivity contribution in [3.63, 3.8) is 0 Å². The summed E-state index contributed by atoms with van der Waals surface area (Å²) < 4.78 is 32.7. The van der Waals surface area contributed by atoms with Gasteiger partial charge in [-0.25, -0.2) is 8.78 Å². The minimum absolute atomic E-state index is 0.223. The maximum atomic E-state index is 13.9. The quantitative estimate of drug-likeness (QED) is 0.488. The number of likely N-dealkylation sites (N-methyl/N-ethyl adjacent to an activating group) is 1. The number of H-pyrrole nitrogens is 1. The topological polar surface area (TPSA) is 75.0 Å². The van der Waals surface area contributed by atoms with E-state index in [0.29, 0.717) is 18.1 Å². The van der Waals surface area contributed by atoms with Crippen LogP contribution < -0.4 is 0 Å². The standard InChI is InChI=1S/C23H22F2N4O2/c1-4-15-16-11-13(2)5-8-19(16)26-21(15)22-27-20(28-31-22)9-10-29(3)23(30)17-12-14(24)6-7-18(17)25/h5-8,11-12,26H,4,9-10H2,1-3H3. The molecule has 4 aromatic rings. The maximum Gasteiger partial charge on any atom is 0.274 e. The van der Waals surface area contributed by atoms with Crippen LogP contribution in [-0.4, -0.2) is 39.5 Å². The van der Waals surface area contributed by atoms with Crippen LogP contribution in [0.4, 0.5) is 8.78 Å². The summed E-state index contributed by atoms with van der Waals surface area (Å²) in [6.45, 7) is 4.34. The van der Waals surface area contributed by atoms with Gasteiger partial charge in [0.05, 0.1) is 5.56 Å². The third-order valence-corrected chi connectivity index (χ3v) is 5.27. The summed E-state index contributed by atoms with van der Waals surface area (Å²) in [6.07, 6.45) is 1.11. The Labute approximate surface area is 177 Å². The number of fused-ring (bicyclic) bond motifs is 1. The molecule has 0 aliphatic carbocycles. The van der Waals surface area contributed by atoms with Crippen LogP contribution in [0.2, 0.25) is 0 Å². The molecule has 4 rings (SSSR count). The molecule has 2 heterocycles. The van der Waals surface area contributed by atoms with Crippen molar-refractivity contribution in [3.8, 4) is 11.6 Å². The lowest BCUT2D eigenvalue weighted by molar-refractivity contribution is 0.0790. The average Bonchev–Trinajstić information content (AvgIpc) is 3.37. The molecule has 0 spiro atoms. The fourth-order valence-corrected chi connectivity index (χ4v) is 3.60. The highest BCUT2D eigenvalue weighted by atomic mass is 19.1. The van der Waals surface area contributed by atoms with Crippen molar-refractivity contribution in [2.45, 2.75) is 26.7 Å². The minimum atomic E-state index is -0.763. The van der Waals surface area contributed by atoms with Crippen LogP contribution in [0.25, 0.3) is 22.5 Å². The molecule has 0 aliphatic rings. The predicted octanol–water partition coefficient (Wildman–Crippen LogP) is 4.68. The molecule has 0 fully saturated rings. The lowest BCUT2D eigenvalue weighted by atomic mass is 10.1. The first-order valence-corrected chi connectivity index (χ1v) is 10.0. The number of aryl methyl sites for hydroxylation is 2. The zero-order valence-corrected chi connectivity index (χ0v) is 17.5. The summed E-state index contributed by atoms with van der Waals surface area (Å²) in [5.74, 6) is -1.24. The number of rotatable bonds is 6. The number of carbonyl (C=O) groups is 1. The van der Waals surface area contributed by atoms with Crippen molar-refractivity contribution >= 4 is 16.8 Å². The number of nitrogens with one attached hydrogen (secondary N) is 1. The maximum absolute atomic E-state index is 13.9. The van der Waals surface area contributed by atoms with E-state index in [9.17, 15) is 13.6 Å². The Morgan fingerprint density at radius 1 is 1.19 bits per heavy atom.